The largest absolute Gasteiger partial charge is 0.390 e. The van der Waals surface area contributed by atoms with Gasteiger partial charge in [-0.05, 0) is 46.1 Å². The number of pyridine rings is 1. The number of halogens is 1. The molecule has 0 radical (unpaired) electrons. The number of benzene rings is 1. The van der Waals surface area contributed by atoms with Gasteiger partial charge >= 0.3 is 0 Å². The lowest BCUT2D eigenvalue weighted by atomic mass is 10.00. The summed E-state index contributed by atoms with van der Waals surface area (Å²) in [7, 11) is 0. The van der Waals surface area contributed by atoms with Gasteiger partial charge in [-0.15, -0.1) is 0 Å². The van der Waals surface area contributed by atoms with Crippen LogP contribution in [0.5, 0.6) is 0 Å². The first-order valence-electron chi connectivity index (χ1n) is 7.20. The van der Waals surface area contributed by atoms with E-state index in [0.29, 0.717) is 5.69 Å². The van der Waals surface area contributed by atoms with Gasteiger partial charge in [0, 0.05) is 10.7 Å². The van der Waals surface area contributed by atoms with Gasteiger partial charge in [-0.3, -0.25) is 4.40 Å². The number of aliphatic hydroxyl groups is 1. The van der Waals surface area contributed by atoms with Gasteiger partial charge in [0.25, 0.3) is 0 Å². The fourth-order valence-electron chi connectivity index (χ4n) is 3.16. The summed E-state index contributed by atoms with van der Waals surface area (Å²) < 4.78 is 9.14. The Morgan fingerprint density at radius 1 is 1.23 bits per heavy atom. The van der Waals surface area contributed by atoms with Crippen molar-refractivity contribution in [3.05, 3.63) is 69.6 Å². The Labute approximate surface area is 136 Å². The molecule has 4 nitrogen and oxygen atoms in total. The SMILES string of the molecule is C[C@@H]1OC(c2c(CO)nc3ccc(Br)cn23)c2ccccc21. The number of hydrogen-bond acceptors (Lipinski definition) is 3. The molecule has 2 atom stereocenters. The highest BCUT2D eigenvalue weighted by Gasteiger charge is 2.33. The summed E-state index contributed by atoms with van der Waals surface area (Å²) in [6.07, 6.45) is 1.79. The van der Waals surface area contributed by atoms with Crippen LogP contribution in [0, 0.1) is 0 Å². The van der Waals surface area contributed by atoms with Gasteiger partial charge in [0.1, 0.15) is 11.8 Å². The van der Waals surface area contributed by atoms with Crippen LogP contribution >= 0.6 is 15.9 Å². The van der Waals surface area contributed by atoms with Gasteiger partial charge in [0.2, 0.25) is 0 Å². The maximum absolute atomic E-state index is 9.72. The van der Waals surface area contributed by atoms with Crippen LogP contribution in [0.4, 0.5) is 0 Å². The average molecular weight is 359 g/mol. The van der Waals surface area contributed by atoms with Crippen LogP contribution in [0.15, 0.2) is 47.1 Å². The van der Waals surface area contributed by atoms with Gasteiger partial charge in [-0.2, -0.15) is 0 Å². The molecular formula is C17H15BrN2O2. The monoisotopic (exact) mass is 358 g/mol. The van der Waals surface area contributed by atoms with Crippen molar-refractivity contribution in [3.8, 4) is 0 Å². The molecule has 1 aliphatic heterocycles. The van der Waals surface area contributed by atoms with Crippen LogP contribution in [0.1, 0.15) is 41.6 Å². The van der Waals surface area contributed by atoms with Crippen molar-refractivity contribution < 1.29 is 9.84 Å². The number of nitrogens with zero attached hydrogens (tertiary/aromatic N) is 2. The summed E-state index contributed by atoms with van der Waals surface area (Å²) in [6, 6.07) is 12.1. The molecule has 0 saturated heterocycles. The molecule has 1 unspecified atom stereocenters. The van der Waals surface area contributed by atoms with Crippen molar-refractivity contribution >= 4 is 21.6 Å². The van der Waals surface area contributed by atoms with Crippen molar-refractivity contribution in [1.82, 2.24) is 9.38 Å². The maximum Gasteiger partial charge on any atom is 0.137 e. The Balaban J connectivity index is 1.97. The van der Waals surface area contributed by atoms with Crippen LogP contribution < -0.4 is 0 Å². The number of imidazole rings is 1. The van der Waals surface area contributed by atoms with Gasteiger partial charge < -0.3 is 9.84 Å². The molecule has 0 bridgehead atoms. The smallest absolute Gasteiger partial charge is 0.137 e. The minimum atomic E-state index is -0.211. The van der Waals surface area contributed by atoms with E-state index in [-0.39, 0.29) is 18.8 Å². The van der Waals surface area contributed by atoms with Crippen molar-refractivity contribution in [2.75, 3.05) is 0 Å². The first kappa shape index (κ1) is 13.9. The van der Waals surface area contributed by atoms with Crippen LogP contribution in [0.25, 0.3) is 5.65 Å². The maximum atomic E-state index is 9.72. The number of hydrogen-bond donors (Lipinski definition) is 1. The second-order valence-electron chi connectivity index (χ2n) is 5.46. The Morgan fingerprint density at radius 3 is 2.77 bits per heavy atom. The Hall–Kier alpha value is -1.69. The molecule has 2 aromatic heterocycles. The number of rotatable bonds is 2. The summed E-state index contributed by atoms with van der Waals surface area (Å²) in [5.41, 5.74) is 4.71. The van der Waals surface area contributed by atoms with E-state index >= 15 is 0 Å². The van der Waals surface area contributed by atoms with Gasteiger partial charge in [0.05, 0.1) is 24.1 Å². The molecule has 0 spiro atoms. The van der Waals surface area contributed by atoms with Gasteiger partial charge in [0.15, 0.2) is 0 Å². The van der Waals surface area contributed by atoms with Gasteiger partial charge in [-0.25, -0.2) is 4.98 Å². The summed E-state index contributed by atoms with van der Waals surface area (Å²) in [5, 5.41) is 9.72. The normalized spacial score (nSPS) is 20.5. The highest BCUT2D eigenvalue weighted by atomic mass is 79.9. The molecule has 0 amide bonds. The second kappa shape index (κ2) is 5.19. The lowest BCUT2D eigenvalue weighted by Crippen LogP contribution is -2.06. The predicted molar refractivity (Wildman–Crippen MR) is 86.6 cm³/mol. The average Bonchev–Trinajstić information content (AvgIpc) is 3.05. The zero-order valence-corrected chi connectivity index (χ0v) is 13.6. The molecule has 3 heterocycles. The van der Waals surface area contributed by atoms with Gasteiger partial charge in [-0.1, -0.05) is 24.3 Å². The third-order valence-corrected chi connectivity index (χ3v) is 4.62. The minimum Gasteiger partial charge on any atom is -0.390 e. The summed E-state index contributed by atoms with van der Waals surface area (Å²) in [4.78, 5) is 4.53. The molecule has 112 valence electrons. The Kier molecular flexibility index (Phi) is 3.29. The highest BCUT2D eigenvalue weighted by molar-refractivity contribution is 9.10. The Bertz CT molecular complexity index is 859. The molecule has 1 aliphatic rings. The molecular weight excluding hydrogens is 344 g/mol. The van der Waals surface area contributed by atoms with E-state index in [1.54, 1.807) is 0 Å². The van der Waals surface area contributed by atoms with Crippen molar-refractivity contribution in [2.24, 2.45) is 0 Å². The third kappa shape index (κ3) is 2.00. The third-order valence-electron chi connectivity index (χ3n) is 4.15. The predicted octanol–water partition coefficient (Wildman–Crippen LogP) is 3.77. The van der Waals surface area contributed by atoms with E-state index < -0.39 is 0 Å². The zero-order chi connectivity index (χ0) is 15.3. The number of fused-ring (bicyclic) bond motifs is 2. The lowest BCUT2D eigenvalue weighted by Gasteiger charge is -2.14. The molecule has 4 rings (SSSR count). The quantitative estimate of drug-likeness (QED) is 0.758. The van der Waals surface area contributed by atoms with Crippen LogP contribution in [0.2, 0.25) is 0 Å². The first-order valence-corrected chi connectivity index (χ1v) is 8.00. The fraction of sp³-hybridized carbons (Fsp3) is 0.235. The first-order chi connectivity index (χ1) is 10.7. The Morgan fingerprint density at radius 2 is 2.00 bits per heavy atom. The number of ether oxygens (including phenoxy) is 1. The molecule has 1 N–H and O–H groups in total. The second-order valence-corrected chi connectivity index (χ2v) is 6.38. The minimum absolute atomic E-state index is 0.0328. The lowest BCUT2D eigenvalue weighted by molar-refractivity contribution is 0.0415. The highest BCUT2D eigenvalue weighted by Crippen LogP contribution is 2.43. The zero-order valence-electron chi connectivity index (χ0n) is 12.0. The van der Waals surface area contributed by atoms with Crippen molar-refractivity contribution in [3.63, 3.8) is 0 Å². The van der Waals surface area contributed by atoms with Crippen LogP contribution in [0.3, 0.4) is 0 Å². The van der Waals surface area contributed by atoms with Crippen LogP contribution in [-0.2, 0) is 11.3 Å². The number of aromatic nitrogens is 2. The van der Waals surface area contributed by atoms with E-state index in [1.807, 2.05) is 34.9 Å². The number of aliphatic hydroxyl groups excluding tert-OH is 1. The van der Waals surface area contributed by atoms with E-state index in [4.69, 9.17) is 4.74 Å². The fourth-order valence-corrected chi connectivity index (χ4v) is 3.50. The van der Waals surface area contributed by atoms with Crippen LogP contribution in [-0.4, -0.2) is 14.5 Å². The summed E-state index contributed by atoms with van der Waals surface area (Å²) >= 11 is 3.50. The van der Waals surface area contributed by atoms with Crippen molar-refractivity contribution in [2.45, 2.75) is 25.7 Å². The standard InChI is InChI=1S/C17H15BrN2O2/c1-10-12-4-2-3-5-13(12)17(22-10)16-14(9-21)19-15-7-6-11(18)8-20(15)16/h2-8,10,17,21H,9H2,1H3/t10-,17?/m0/s1. The van der Waals surface area contributed by atoms with E-state index in [1.165, 1.54) is 5.56 Å². The topological polar surface area (TPSA) is 46.8 Å². The van der Waals surface area contributed by atoms with E-state index in [2.05, 4.69) is 40.0 Å². The molecule has 3 aromatic rings. The molecule has 0 saturated carbocycles. The molecule has 0 aliphatic carbocycles. The summed E-state index contributed by atoms with van der Waals surface area (Å²) in [5.74, 6) is 0. The molecule has 0 fully saturated rings. The van der Waals surface area contributed by atoms with E-state index in [0.717, 1.165) is 21.4 Å². The molecule has 22 heavy (non-hydrogen) atoms. The molecule has 1 aromatic carbocycles. The van der Waals surface area contributed by atoms with Crippen molar-refractivity contribution in [1.29, 1.82) is 0 Å². The molecule has 5 heteroatoms. The van der Waals surface area contributed by atoms with E-state index in [9.17, 15) is 5.11 Å². The summed E-state index contributed by atoms with van der Waals surface area (Å²) in [6.45, 7) is 1.95.